The quantitative estimate of drug-likeness (QED) is 0.285. The van der Waals surface area contributed by atoms with Crippen molar-refractivity contribution in [3.63, 3.8) is 0 Å². The Bertz CT molecular complexity index is 1150. The lowest BCUT2D eigenvalue weighted by Gasteiger charge is -2.42. The van der Waals surface area contributed by atoms with Crippen LogP contribution in [0.3, 0.4) is 0 Å². The van der Waals surface area contributed by atoms with Gasteiger partial charge < -0.3 is 15.2 Å². The normalized spacial score (nSPS) is 13.4. The molecule has 35 heavy (non-hydrogen) atoms. The SMILES string of the molecule is CN=C(N[C@@H](CCO)c1ccccc1F)OC(C)(C)C(C)(C)c1ccc(-c2ccccc2C)cc1. The Morgan fingerprint density at radius 1 is 0.971 bits per heavy atom. The summed E-state index contributed by atoms with van der Waals surface area (Å²) in [5.74, 6) is -0.331. The van der Waals surface area contributed by atoms with Crippen molar-refractivity contribution in [2.75, 3.05) is 13.7 Å². The molecule has 186 valence electrons. The first kappa shape index (κ1) is 26.4. The number of aliphatic hydroxyl groups is 1. The maximum atomic E-state index is 14.4. The number of aliphatic hydroxyl groups excluding tert-OH is 1. The molecule has 5 heteroatoms. The van der Waals surface area contributed by atoms with Gasteiger partial charge >= 0.3 is 0 Å². The monoisotopic (exact) mass is 476 g/mol. The van der Waals surface area contributed by atoms with Crippen LogP contribution in [0.15, 0.2) is 77.8 Å². The maximum Gasteiger partial charge on any atom is 0.285 e. The summed E-state index contributed by atoms with van der Waals surface area (Å²) in [6.45, 7) is 10.4. The van der Waals surface area contributed by atoms with E-state index in [2.05, 4.69) is 73.5 Å². The van der Waals surface area contributed by atoms with Gasteiger partial charge in [0, 0.05) is 24.6 Å². The van der Waals surface area contributed by atoms with E-state index >= 15 is 0 Å². The van der Waals surface area contributed by atoms with Gasteiger partial charge in [-0.15, -0.1) is 0 Å². The van der Waals surface area contributed by atoms with E-state index in [4.69, 9.17) is 4.74 Å². The molecule has 3 aromatic rings. The lowest BCUT2D eigenvalue weighted by atomic mass is 9.71. The van der Waals surface area contributed by atoms with Crippen molar-refractivity contribution in [3.05, 3.63) is 95.3 Å². The Balaban J connectivity index is 1.81. The van der Waals surface area contributed by atoms with E-state index < -0.39 is 11.6 Å². The summed E-state index contributed by atoms with van der Waals surface area (Å²) >= 11 is 0. The first-order valence-electron chi connectivity index (χ1n) is 12.0. The van der Waals surface area contributed by atoms with E-state index in [0.29, 0.717) is 18.0 Å². The van der Waals surface area contributed by atoms with Crippen LogP contribution in [0.5, 0.6) is 0 Å². The highest BCUT2D eigenvalue weighted by atomic mass is 19.1. The van der Waals surface area contributed by atoms with E-state index in [-0.39, 0.29) is 17.8 Å². The minimum atomic E-state index is -0.655. The second-order valence-corrected chi connectivity index (χ2v) is 9.89. The number of aryl methyl sites for hydroxylation is 1. The summed E-state index contributed by atoms with van der Waals surface area (Å²) in [4.78, 5) is 4.30. The molecule has 0 aliphatic rings. The average Bonchev–Trinajstić information content (AvgIpc) is 2.83. The van der Waals surface area contributed by atoms with Gasteiger partial charge in [-0.2, -0.15) is 0 Å². The predicted octanol–water partition coefficient (Wildman–Crippen LogP) is 6.57. The van der Waals surface area contributed by atoms with Gasteiger partial charge in [-0.25, -0.2) is 9.38 Å². The molecular formula is C30H37FN2O2. The molecule has 0 spiro atoms. The van der Waals surface area contributed by atoms with Crippen LogP contribution in [0.4, 0.5) is 4.39 Å². The van der Waals surface area contributed by atoms with Gasteiger partial charge in [0.25, 0.3) is 6.02 Å². The van der Waals surface area contributed by atoms with Crippen LogP contribution in [-0.4, -0.2) is 30.4 Å². The highest BCUT2D eigenvalue weighted by Gasteiger charge is 2.41. The maximum absolute atomic E-state index is 14.4. The molecule has 0 saturated heterocycles. The number of amidine groups is 1. The van der Waals surface area contributed by atoms with Crippen LogP contribution in [0.2, 0.25) is 0 Å². The molecule has 0 amide bonds. The molecule has 0 bridgehead atoms. The molecule has 0 radical (unpaired) electrons. The number of hydrogen-bond acceptors (Lipinski definition) is 3. The van der Waals surface area contributed by atoms with Crippen molar-refractivity contribution >= 4 is 6.02 Å². The van der Waals surface area contributed by atoms with Gasteiger partial charge in [-0.1, -0.05) is 80.6 Å². The largest absolute Gasteiger partial charge is 0.458 e. The number of aliphatic imine (C=N–C) groups is 1. The summed E-state index contributed by atoms with van der Waals surface area (Å²) < 4.78 is 20.9. The highest BCUT2D eigenvalue weighted by Crippen LogP contribution is 2.38. The summed E-state index contributed by atoms with van der Waals surface area (Å²) in [7, 11) is 1.64. The van der Waals surface area contributed by atoms with Crippen molar-refractivity contribution in [2.45, 2.75) is 58.1 Å². The molecule has 0 unspecified atom stereocenters. The lowest BCUT2D eigenvalue weighted by molar-refractivity contribution is 0.0173. The zero-order valence-electron chi connectivity index (χ0n) is 21.6. The van der Waals surface area contributed by atoms with Crippen LogP contribution in [0.25, 0.3) is 11.1 Å². The first-order chi connectivity index (χ1) is 16.6. The summed E-state index contributed by atoms with van der Waals surface area (Å²) in [5, 5.41) is 12.8. The lowest BCUT2D eigenvalue weighted by Crippen LogP contribution is -2.49. The molecule has 0 fully saturated rings. The Labute approximate surface area is 208 Å². The van der Waals surface area contributed by atoms with E-state index in [1.54, 1.807) is 25.2 Å². The van der Waals surface area contributed by atoms with Crippen LogP contribution >= 0.6 is 0 Å². The van der Waals surface area contributed by atoms with Crippen molar-refractivity contribution in [1.82, 2.24) is 5.32 Å². The minimum absolute atomic E-state index is 0.0921. The zero-order chi connectivity index (χ0) is 25.6. The summed E-state index contributed by atoms with van der Waals surface area (Å²) in [5.41, 5.74) is 4.21. The third-order valence-electron chi connectivity index (χ3n) is 7.12. The second-order valence-electron chi connectivity index (χ2n) is 9.89. The summed E-state index contributed by atoms with van der Waals surface area (Å²) in [6, 6.07) is 23.4. The minimum Gasteiger partial charge on any atom is -0.458 e. The molecule has 3 rings (SSSR count). The smallest absolute Gasteiger partial charge is 0.285 e. The van der Waals surface area contributed by atoms with Gasteiger partial charge in [0.15, 0.2) is 0 Å². The standard InChI is InChI=1S/C30H37FN2O2/c1-21-11-7-8-12-24(21)22-15-17-23(18-16-22)29(2,3)30(4,5)35-28(32-6)33-27(19-20-34)25-13-9-10-14-26(25)31/h7-18,27,34H,19-20H2,1-6H3,(H,32,33)/t27-/m0/s1. The molecule has 1 atom stereocenters. The summed E-state index contributed by atoms with van der Waals surface area (Å²) in [6.07, 6.45) is 0.327. The van der Waals surface area contributed by atoms with E-state index in [1.807, 2.05) is 19.9 Å². The molecule has 3 aromatic carbocycles. The average molecular weight is 477 g/mol. The number of nitrogens with zero attached hydrogens (tertiary/aromatic N) is 1. The number of hydrogen-bond donors (Lipinski definition) is 2. The molecule has 0 heterocycles. The fraction of sp³-hybridized carbons (Fsp3) is 0.367. The van der Waals surface area contributed by atoms with Gasteiger partial charge in [0.2, 0.25) is 0 Å². The van der Waals surface area contributed by atoms with Crippen molar-refractivity contribution in [2.24, 2.45) is 4.99 Å². The number of rotatable bonds is 8. The zero-order valence-corrected chi connectivity index (χ0v) is 21.6. The Hall–Kier alpha value is -3.18. The Morgan fingerprint density at radius 2 is 1.60 bits per heavy atom. The fourth-order valence-electron chi connectivity index (χ4n) is 4.16. The molecule has 4 nitrogen and oxygen atoms in total. The molecular weight excluding hydrogens is 439 g/mol. The third-order valence-corrected chi connectivity index (χ3v) is 7.12. The van der Waals surface area contributed by atoms with Crippen LogP contribution in [0, 0.1) is 12.7 Å². The number of benzene rings is 3. The van der Waals surface area contributed by atoms with Crippen LogP contribution in [-0.2, 0) is 10.2 Å². The van der Waals surface area contributed by atoms with Gasteiger partial charge in [-0.3, -0.25) is 0 Å². The third kappa shape index (κ3) is 5.91. The van der Waals surface area contributed by atoms with Crippen molar-refractivity contribution < 1.29 is 14.2 Å². The number of nitrogens with one attached hydrogen (secondary N) is 1. The predicted molar refractivity (Wildman–Crippen MR) is 142 cm³/mol. The number of ether oxygens (including phenoxy) is 1. The van der Waals surface area contributed by atoms with Gasteiger partial charge in [-0.05, 0) is 55.5 Å². The molecule has 0 aliphatic carbocycles. The van der Waals surface area contributed by atoms with E-state index in [9.17, 15) is 9.50 Å². The van der Waals surface area contributed by atoms with Crippen molar-refractivity contribution in [3.8, 4) is 11.1 Å². The molecule has 0 saturated carbocycles. The van der Waals surface area contributed by atoms with Crippen LogP contribution < -0.4 is 5.32 Å². The van der Waals surface area contributed by atoms with Crippen molar-refractivity contribution in [1.29, 1.82) is 0 Å². The topological polar surface area (TPSA) is 53.9 Å². The van der Waals surface area contributed by atoms with E-state index in [0.717, 1.165) is 5.56 Å². The Morgan fingerprint density at radius 3 is 2.20 bits per heavy atom. The first-order valence-corrected chi connectivity index (χ1v) is 12.0. The van der Waals surface area contributed by atoms with Gasteiger partial charge in [0.05, 0.1) is 6.04 Å². The van der Waals surface area contributed by atoms with Crippen LogP contribution in [0.1, 0.15) is 56.8 Å². The molecule has 0 aliphatic heterocycles. The van der Waals surface area contributed by atoms with Gasteiger partial charge in [0.1, 0.15) is 11.4 Å². The second kappa shape index (κ2) is 11.0. The Kier molecular flexibility index (Phi) is 8.34. The van der Waals surface area contributed by atoms with E-state index in [1.165, 1.54) is 22.8 Å². The highest BCUT2D eigenvalue weighted by molar-refractivity contribution is 5.75. The fourth-order valence-corrected chi connectivity index (χ4v) is 4.16. The molecule has 2 N–H and O–H groups in total. The number of halogens is 1. The molecule has 0 aromatic heterocycles.